The quantitative estimate of drug-likeness (QED) is 0.854. The summed E-state index contributed by atoms with van der Waals surface area (Å²) < 4.78 is 5.77. The highest BCUT2D eigenvalue weighted by Crippen LogP contribution is 2.22. The summed E-state index contributed by atoms with van der Waals surface area (Å²) >= 11 is 1.31. The lowest BCUT2D eigenvalue weighted by Gasteiger charge is -2.12. The van der Waals surface area contributed by atoms with Crippen LogP contribution in [0, 0.1) is 0 Å². The normalized spacial score (nSPS) is 11.6. The van der Waals surface area contributed by atoms with Crippen LogP contribution in [0.2, 0.25) is 0 Å². The van der Waals surface area contributed by atoms with E-state index in [4.69, 9.17) is 5.11 Å². The van der Waals surface area contributed by atoms with Gasteiger partial charge in [0.2, 0.25) is 5.13 Å². The summed E-state index contributed by atoms with van der Waals surface area (Å²) in [5, 5.41) is 19.9. The number of carboxylic acid groups (broad SMARTS) is 1. The number of nitrogens with one attached hydrogen (secondary N) is 1. The molecule has 0 aliphatic heterocycles. The summed E-state index contributed by atoms with van der Waals surface area (Å²) in [7, 11) is 0. The third kappa shape index (κ3) is 3.50. The van der Waals surface area contributed by atoms with Crippen LogP contribution in [-0.4, -0.2) is 42.0 Å². The van der Waals surface area contributed by atoms with Gasteiger partial charge in [0.05, 0.1) is 12.7 Å². The van der Waals surface area contributed by atoms with E-state index in [1.807, 2.05) is 0 Å². The molecule has 9 heteroatoms. The van der Waals surface area contributed by atoms with Crippen molar-refractivity contribution >= 4 is 22.6 Å². The van der Waals surface area contributed by atoms with Gasteiger partial charge in [-0.15, -0.1) is 5.10 Å². The first kappa shape index (κ1) is 14.4. The van der Waals surface area contributed by atoms with Crippen molar-refractivity contribution < 1.29 is 9.90 Å². The summed E-state index contributed by atoms with van der Waals surface area (Å²) in [5.74, 6) is -0.276. The topological polar surface area (TPSA) is 106 Å². The van der Waals surface area contributed by atoms with Crippen LogP contribution in [0.4, 0.5) is 5.13 Å². The highest BCUT2D eigenvalue weighted by atomic mass is 32.1. The molecule has 2 heterocycles. The molecule has 20 heavy (non-hydrogen) atoms. The minimum atomic E-state index is -1.08. The van der Waals surface area contributed by atoms with Crippen LogP contribution in [0.5, 0.6) is 0 Å². The minimum Gasteiger partial charge on any atom is -0.476 e. The molecule has 2 aromatic rings. The van der Waals surface area contributed by atoms with Crippen LogP contribution >= 0.6 is 11.5 Å². The lowest BCUT2D eigenvalue weighted by atomic mass is 9.96. The minimum absolute atomic E-state index is 0.0593. The van der Waals surface area contributed by atoms with Crippen molar-refractivity contribution in [2.75, 3.05) is 11.9 Å². The molecule has 0 bridgehead atoms. The molecule has 0 amide bonds. The Balaban J connectivity index is 1.86. The molecule has 2 rings (SSSR count). The fourth-order valence-electron chi connectivity index (χ4n) is 1.38. The Hall–Kier alpha value is -2.03. The largest absolute Gasteiger partial charge is 0.476 e. The van der Waals surface area contributed by atoms with Gasteiger partial charge in [-0.3, -0.25) is 0 Å². The zero-order valence-electron chi connectivity index (χ0n) is 11.5. The van der Waals surface area contributed by atoms with Gasteiger partial charge in [-0.2, -0.15) is 4.37 Å². The highest BCUT2D eigenvalue weighted by molar-refractivity contribution is 7.09. The van der Waals surface area contributed by atoms with Gasteiger partial charge in [-0.05, 0) is 0 Å². The zero-order chi connectivity index (χ0) is 14.8. The van der Waals surface area contributed by atoms with Gasteiger partial charge in [0, 0.05) is 23.5 Å². The molecule has 0 saturated carbocycles. The number of hydrogen-bond donors (Lipinski definition) is 2. The van der Waals surface area contributed by atoms with Gasteiger partial charge in [-0.1, -0.05) is 26.0 Å². The van der Waals surface area contributed by atoms with E-state index in [1.54, 1.807) is 0 Å². The number of nitrogens with zero attached hydrogens (tertiary/aromatic N) is 5. The second kappa shape index (κ2) is 5.53. The van der Waals surface area contributed by atoms with E-state index in [1.165, 1.54) is 22.4 Å². The third-order valence-corrected chi connectivity index (χ3v) is 3.14. The van der Waals surface area contributed by atoms with Crippen molar-refractivity contribution in [1.29, 1.82) is 0 Å². The van der Waals surface area contributed by atoms with Crippen LogP contribution in [0.3, 0.4) is 0 Å². The first-order chi connectivity index (χ1) is 9.36. The maximum Gasteiger partial charge on any atom is 0.358 e. The second-order valence-electron chi connectivity index (χ2n) is 5.27. The standard InChI is InChI=1S/C11H16N6O2S/c1-11(2,3)9-13-10(20-15-9)12-4-5-17-6-7(8(18)19)14-16-17/h6H,4-5H2,1-3H3,(H,18,19)(H,12,13,15). The summed E-state index contributed by atoms with van der Waals surface area (Å²) in [4.78, 5) is 15.1. The first-order valence-corrected chi connectivity index (χ1v) is 6.85. The number of aromatic nitrogens is 5. The van der Waals surface area contributed by atoms with Crippen LogP contribution in [-0.2, 0) is 12.0 Å². The maximum absolute atomic E-state index is 10.7. The highest BCUT2D eigenvalue weighted by Gasteiger charge is 2.19. The molecule has 0 saturated heterocycles. The molecule has 0 fully saturated rings. The SMILES string of the molecule is CC(C)(C)c1nsc(NCCn2cc(C(=O)O)nn2)n1. The van der Waals surface area contributed by atoms with Crippen LogP contribution in [0.15, 0.2) is 6.20 Å². The summed E-state index contributed by atoms with van der Waals surface area (Å²) in [5.41, 5.74) is -0.130. The lowest BCUT2D eigenvalue weighted by Crippen LogP contribution is -2.14. The van der Waals surface area contributed by atoms with Gasteiger partial charge in [0.25, 0.3) is 0 Å². The Bertz CT molecular complexity index is 600. The number of rotatable bonds is 5. The fraction of sp³-hybridized carbons (Fsp3) is 0.545. The van der Waals surface area contributed by atoms with Crippen molar-refractivity contribution in [2.24, 2.45) is 0 Å². The molecule has 0 aliphatic carbocycles. The maximum atomic E-state index is 10.7. The van der Waals surface area contributed by atoms with Crippen molar-refractivity contribution in [1.82, 2.24) is 24.4 Å². The van der Waals surface area contributed by atoms with E-state index in [0.717, 1.165) is 11.0 Å². The molecule has 108 valence electrons. The molecular formula is C11H16N6O2S. The zero-order valence-corrected chi connectivity index (χ0v) is 12.3. The molecule has 0 spiro atoms. The van der Waals surface area contributed by atoms with Gasteiger partial charge in [0.1, 0.15) is 5.82 Å². The smallest absolute Gasteiger partial charge is 0.358 e. The molecule has 2 aromatic heterocycles. The van der Waals surface area contributed by atoms with Crippen molar-refractivity contribution in [3.8, 4) is 0 Å². The predicted molar refractivity (Wildman–Crippen MR) is 74.1 cm³/mol. The molecule has 0 unspecified atom stereocenters. The van der Waals surface area contributed by atoms with E-state index in [2.05, 4.69) is 45.8 Å². The average molecular weight is 296 g/mol. The van der Waals surface area contributed by atoms with Gasteiger partial charge in [0.15, 0.2) is 5.69 Å². The molecule has 0 aromatic carbocycles. The number of anilines is 1. The van der Waals surface area contributed by atoms with E-state index in [9.17, 15) is 4.79 Å². The van der Waals surface area contributed by atoms with Crippen LogP contribution < -0.4 is 5.32 Å². The van der Waals surface area contributed by atoms with Gasteiger partial charge >= 0.3 is 5.97 Å². The second-order valence-corrected chi connectivity index (χ2v) is 6.02. The Morgan fingerprint density at radius 2 is 2.25 bits per heavy atom. The fourth-order valence-corrected chi connectivity index (χ4v) is 2.16. The number of aromatic carboxylic acids is 1. The Kier molecular flexibility index (Phi) is 3.98. The van der Waals surface area contributed by atoms with E-state index in [0.29, 0.717) is 13.1 Å². The Labute approximate surface area is 120 Å². The Morgan fingerprint density at radius 1 is 1.50 bits per heavy atom. The molecular weight excluding hydrogens is 280 g/mol. The van der Waals surface area contributed by atoms with E-state index in [-0.39, 0.29) is 11.1 Å². The molecule has 0 atom stereocenters. The first-order valence-electron chi connectivity index (χ1n) is 6.08. The monoisotopic (exact) mass is 296 g/mol. The summed E-state index contributed by atoms with van der Waals surface area (Å²) in [6, 6.07) is 0. The number of hydrogen-bond acceptors (Lipinski definition) is 7. The predicted octanol–water partition coefficient (Wildman–Crippen LogP) is 1.24. The van der Waals surface area contributed by atoms with Crippen molar-refractivity contribution in [3.63, 3.8) is 0 Å². The van der Waals surface area contributed by atoms with E-state index < -0.39 is 5.97 Å². The van der Waals surface area contributed by atoms with Gasteiger partial charge in [-0.25, -0.2) is 14.5 Å². The third-order valence-electron chi connectivity index (χ3n) is 2.47. The van der Waals surface area contributed by atoms with E-state index >= 15 is 0 Å². The summed E-state index contributed by atoms with van der Waals surface area (Å²) in [6.07, 6.45) is 1.39. The van der Waals surface area contributed by atoms with Crippen molar-refractivity contribution in [3.05, 3.63) is 17.7 Å². The Morgan fingerprint density at radius 3 is 2.80 bits per heavy atom. The number of carboxylic acids is 1. The molecule has 8 nitrogen and oxygen atoms in total. The molecule has 0 radical (unpaired) electrons. The van der Waals surface area contributed by atoms with Gasteiger partial charge < -0.3 is 10.4 Å². The van der Waals surface area contributed by atoms with Crippen LogP contribution in [0.1, 0.15) is 37.1 Å². The average Bonchev–Trinajstić information content (AvgIpc) is 2.96. The number of carbonyl (C=O) groups is 1. The van der Waals surface area contributed by atoms with Crippen LogP contribution in [0.25, 0.3) is 0 Å². The molecule has 2 N–H and O–H groups in total. The summed E-state index contributed by atoms with van der Waals surface area (Å²) in [6.45, 7) is 7.25. The van der Waals surface area contributed by atoms with Crippen molar-refractivity contribution in [2.45, 2.75) is 32.7 Å². The lowest BCUT2D eigenvalue weighted by molar-refractivity contribution is 0.0690. The molecule has 0 aliphatic rings.